The second-order valence-electron chi connectivity index (χ2n) is 4.83. The van der Waals surface area contributed by atoms with Crippen LogP contribution in [0.5, 0.6) is 0 Å². The highest BCUT2D eigenvalue weighted by molar-refractivity contribution is 9.10. The Kier molecular flexibility index (Phi) is 5.55. The molecule has 5 nitrogen and oxygen atoms in total. The third-order valence-corrected chi connectivity index (χ3v) is 3.70. The van der Waals surface area contributed by atoms with Crippen molar-refractivity contribution in [3.63, 3.8) is 0 Å². The van der Waals surface area contributed by atoms with Crippen LogP contribution in [0.15, 0.2) is 28.7 Å². The summed E-state index contributed by atoms with van der Waals surface area (Å²) < 4.78 is 0.952. The predicted molar refractivity (Wildman–Crippen MR) is 81.4 cm³/mol. The molecule has 20 heavy (non-hydrogen) atoms. The van der Waals surface area contributed by atoms with Gasteiger partial charge in [0.05, 0.1) is 6.54 Å². The van der Waals surface area contributed by atoms with Gasteiger partial charge in [0, 0.05) is 22.6 Å². The van der Waals surface area contributed by atoms with Crippen LogP contribution < -0.4 is 16.0 Å². The van der Waals surface area contributed by atoms with E-state index in [2.05, 4.69) is 31.9 Å². The quantitative estimate of drug-likeness (QED) is 0.763. The van der Waals surface area contributed by atoms with Gasteiger partial charge in [-0.2, -0.15) is 0 Å². The summed E-state index contributed by atoms with van der Waals surface area (Å²) in [7, 11) is 0. The molecule has 1 aliphatic heterocycles. The van der Waals surface area contributed by atoms with Gasteiger partial charge in [-0.25, -0.2) is 0 Å². The number of carbonyl (C=O) groups is 2. The molecule has 1 aliphatic rings. The lowest BCUT2D eigenvalue weighted by molar-refractivity contribution is -0.124. The van der Waals surface area contributed by atoms with Crippen molar-refractivity contribution in [2.75, 3.05) is 18.4 Å². The van der Waals surface area contributed by atoms with Crippen LogP contribution in [-0.4, -0.2) is 30.9 Å². The van der Waals surface area contributed by atoms with Gasteiger partial charge >= 0.3 is 0 Å². The van der Waals surface area contributed by atoms with E-state index in [1.807, 2.05) is 12.1 Å². The average molecular weight is 340 g/mol. The van der Waals surface area contributed by atoms with E-state index in [0.29, 0.717) is 12.1 Å². The number of halogens is 1. The number of anilines is 1. The lowest BCUT2D eigenvalue weighted by Crippen LogP contribution is -2.36. The second-order valence-corrected chi connectivity index (χ2v) is 5.74. The molecule has 0 radical (unpaired) electrons. The summed E-state index contributed by atoms with van der Waals surface area (Å²) in [6.07, 6.45) is 2.58. The topological polar surface area (TPSA) is 70.2 Å². The molecular formula is C14H18BrN3O2. The largest absolute Gasteiger partial charge is 0.347 e. The molecular weight excluding hydrogens is 322 g/mol. The minimum absolute atomic E-state index is 0.00160. The van der Waals surface area contributed by atoms with Crippen molar-refractivity contribution < 1.29 is 9.59 Å². The maximum Gasteiger partial charge on any atom is 0.243 e. The Morgan fingerprint density at radius 3 is 2.65 bits per heavy atom. The summed E-state index contributed by atoms with van der Waals surface area (Å²) in [6.45, 7) is 0.976. The lowest BCUT2D eigenvalue weighted by Gasteiger charge is -2.10. The maximum atomic E-state index is 11.7. The van der Waals surface area contributed by atoms with Crippen molar-refractivity contribution in [1.29, 1.82) is 0 Å². The number of amides is 2. The molecule has 1 aromatic carbocycles. The molecule has 1 unspecified atom stereocenters. The Labute approximate surface area is 126 Å². The van der Waals surface area contributed by atoms with E-state index in [1.54, 1.807) is 12.1 Å². The highest BCUT2D eigenvalue weighted by atomic mass is 79.9. The summed E-state index contributed by atoms with van der Waals surface area (Å²) in [5.74, 6) is -0.310. The number of nitrogens with one attached hydrogen (secondary N) is 3. The van der Waals surface area contributed by atoms with Crippen LogP contribution in [0.1, 0.15) is 19.3 Å². The first-order chi connectivity index (χ1) is 9.63. The van der Waals surface area contributed by atoms with Gasteiger partial charge in [-0.1, -0.05) is 15.9 Å². The van der Waals surface area contributed by atoms with Gasteiger partial charge in [-0.15, -0.1) is 0 Å². The Balaban J connectivity index is 1.69. The van der Waals surface area contributed by atoms with Gasteiger partial charge in [-0.05, 0) is 43.7 Å². The van der Waals surface area contributed by atoms with Crippen molar-refractivity contribution >= 4 is 33.4 Å². The molecule has 2 rings (SSSR count). The van der Waals surface area contributed by atoms with E-state index < -0.39 is 0 Å². The van der Waals surface area contributed by atoms with Gasteiger partial charge in [0.1, 0.15) is 0 Å². The highest BCUT2D eigenvalue weighted by Crippen LogP contribution is 2.13. The molecule has 0 bridgehead atoms. The van der Waals surface area contributed by atoms with Crippen molar-refractivity contribution in [3.05, 3.63) is 28.7 Å². The number of carbonyl (C=O) groups excluding carboxylic acids is 2. The van der Waals surface area contributed by atoms with Gasteiger partial charge in [0.2, 0.25) is 11.8 Å². The van der Waals surface area contributed by atoms with Gasteiger partial charge in [-0.3, -0.25) is 9.59 Å². The zero-order valence-electron chi connectivity index (χ0n) is 11.1. The van der Waals surface area contributed by atoms with E-state index in [9.17, 15) is 9.59 Å². The number of hydrogen-bond acceptors (Lipinski definition) is 3. The Hall–Kier alpha value is -1.40. The number of rotatable bonds is 5. The summed E-state index contributed by atoms with van der Waals surface area (Å²) >= 11 is 3.33. The minimum atomic E-state index is -0.222. The first kappa shape index (κ1) is 15.0. The first-order valence-corrected chi connectivity index (χ1v) is 7.48. The molecule has 6 heteroatoms. The number of benzene rings is 1. The van der Waals surface area contributed by atoms with E-state index >= 15 is 0 Å². The third kappa shape index (κ3) is 4.94. The number of hydrogen-bond donors (Lipinski definition) is 3. The van der Waals surface area contributed by atoms with Crippen LogP contribution >= 0.6 is 15.9 Å². The Bertz CT molecular complexity index is 470. The van der Waals surface area contributed by atoms with Gasteiger partial charge < -0.3 is 16.0 Å². The van der Waals surface area contributed by atoms with Crippen molar-refractivity contribution in [3.8, 4) is 0 Å². The van der Waals surface area contributed by atoms with Crippen molar-refractivity contribution in [2.45, 2.75) is 25.3 Å². The molecule has 0 saturated carbocycles. The molecule has 108 valence electrons. The van der Waals surface area contributed by atoms with Crippen LogP contribution in [0.2, 0.25) is 0 Å². The summed E-state index contributed by atoms with van der Waals surface area (Å²) in [6, 6.07) is 7.54. The molecule has 1 atom stereocenters. The van der Waals surface area contributed by atoms with E-state index in [4.69, 9.17) is 0 Å². The Morgan fingerprint density at radius 1 is 1.25 bits per heavy atom. The lowest BCUT2D eigenvalue weighted by atomic mass is 10.1. The molecule has 1 aromatic rings. The van der Waals surface area contributed by atoms with Crippen LogP contribution in [0, 0.1) is 0 Å². The molecule has 1 fully saturated rings. The summed E-state index contributed by atoms with van der Waals surface area (Å²) in [5, 5.41) is 8.62. The monoisotopic (exact) mass is 339 g/mol. The maximum absolute atomic E-state index is 11.7. The fourth-order valence-electron chi connectivity index (χ4n) is 2.14. The molecule has 0 aromatic heterocycles. The second kappa shape index (κ2) is 7.40. The Morgan fingerprint density at radius 2 is 2.00 bits per heavy atom. The summed E-state index contributed by atoms with van der Waals surface area (Å²) in [4.78, 5) is 23.3. The molecule has 1 saturated heterocycles. The average Bonchev–Trinajstić information content (AvgIpc) is 2.92. The van der Waals surface area contributed by atoms with E-state index in [0.717, 1.165) is 23.9 Å². The standard InChI is InChI=1S/C14H18BrN3O2/c15-10-3-5-11(6-4-10)18-14(20)9-17-13(19)8-12-2-1-7-16-12/h3-6,12,16H,1-2,7-9H2,(H,17,19)(H,18,20). The fraction of sp³-hybridized carbons (Fsp3) is 0.429. The van der Waals surface area contributed by atoms with E-state index in [-0.39, 0.29) is 24.4 Å². The van der Waals surface area contributed by atoms with Crippen LogP contribution in [0.25, 0.3) is 0 Å². The fourth-order valence-corrected chi connectivity index (χ4v) is 2.41. The zero-order chi connectivity index (χ0) is 14.4. The summed E-state index contributed by atoms with van der Waals surface area (Å²) in [5.41, 5.74) is 0.713. The van der Waals surface area contributed by atoms with Crippen molar-refractivity contribution in [2.24, 2.45) is 0 Å². The zero-order valence-corrected chi connectivity index (χ0v) is 12.7. The van der Waals surface area contributed by atoms with Crippen LogP contribution in [0.3, 0.4) is 0 Å². The molecule has 3 N–H and O–H groups in total. The van der Waals surface area contributed by atoms with Crippen LogP contribution in [-0.2, 0) is 9.59 Å². The predicted octanol–water partition coefficient (Wildman–Crippen LogP) is 1.65. The minimum Gasteiger partial charge on any atom is -0.347 e. The SMILES string of the molecule is O=C(CC1CCCN1)NCC(=O)Nc1ccc(Br)cc1. The molecule has 0 spiro atoms. The normalized spacial score (nSPS) is 17.8. The molecule has 2 amide bonds. The van der Waals surface area contributed by atoms with Crippen LogP contribution in [0.4, 0.5) is 5.69 Å². The smallest absolute Gasteiger partial charge is 0.243 e. The first-order valence-electron chi connectivity index (χ1n) is 6.69. The third-order valence-electron chi connectivity index (χ3n) is 3.17. The van der Waals surface area contributed by atoms with E-state index in [1.165, 1.54) is 0 Å². The van der Waals surface area contributed by atoms with Gasteiger partial charge in [0.15, 0.2) is 0 Å². The molecule has 1 heterocycles. The molecule has 0 aliphatic carbocycles. The van der Waals surface area contributed by atoms with Gasteiger partial charge in [0.25, 0.3) is 0 Å². The van der Waals surface area contributed by atoms with Crippen molar-refractivity contribution in [1.82, 2.24) is 10.6 Å². The highest BCUT2D eigenvalue weighted by Gasteiger charge is 2.17.